The Labute approximate surface area is 114 Å². The van der Waals surface area contributed by atoms with E-state index in [1.165, 1.54) is 10.5 Å². The van der Waals surface area contributed by atoms with Gasteiger partial charge in [0.25, 0.3) is 0 Å². The lowest BCUT2D eigenvalue weighted by Crippen LogP contribution is -2.35. The second-order valence-electron chi connectivity index (χ2n) is 5.52. The summed E-state index contributed by atoms with van der Waals surface area (Å²) in [6.07, 6.45) is 0. The van der Waals surface area contributed by atoms with E-state index in [2.05, 4.69) is 52.1 Å². The van der Waals surface area contributed by atoms with Crippen molar-refractivity contribution in [2.75, 3.05) is 0 Å². The molecule has 3 heteroatoms. The Morgan fingerprint density at radius 2 is 1.94 bits per heavy atom. The monoisotopic (exact) mass is 271 g/mol. The van der Waals surface area contributed by atoms with Crippen LogP contribution in [-0.2, 0) is 6.54 Å². The molecule has 1 aromatic carbocycles. The Morgan fingerprint density at radius 3 is 2.47 bits per heavy atom. The van der Waals surface area contributed by atoms with Crippen LogP contribution in [0.15, 0.2) is 23.1 Å². The second-order valence-corrected chi connectivity index (χ2v) is 7.58. The first-order chi connectivity index (χ1) is 7.78. The van der Waals surface area contributed by atoms with E-state index in [1.807, 2.05) is 17.8 Å². The Kier molecular flexibility index (Phi) is 5.36. The SMILES string of the molecule is CC(C)Sc1ccc(Cl)cc1CNC(C)(C)C. The highest BCUT2D eigenvalue weighted by Crippen LogP contribution is 2.29. The van der Waals surface area contributed by atoms with Gasteiger partial charge in [-0.1, -0.05) is 25.4 Å². The predicted molar refractivity (Wildman–Crippen MR) is 79.0 cm³/mol. The molecule has 0 amide bonds. The normalized spacial score (nSPS) is 12.2. The van der Waals surface area contributed by atoms with E-state index in [-0.39, 0.29) is 5.54 Å². The molecule has 0 atom stereocenters. The van der Waals surface area contributed by atoms with Crippen molar-refractivity contribution in [1.82, 2.24) is 5.32 Å². The fourth-order valence-corrected chi connectivity index (χ4v) is 2.55. The summed E-state index contributed by atoms with van der Waals surface area (Å²) < 4.78 is 0. The molecule has 17 heavy (non-hydrogen) atoms. The molecule has 96 valence electrons. The van der Waals surface area contributed by atoms with Crippen molar-refractivity contribution in [3.63, 3.8) is 0 Å². The number of thioether (sulfide) groups is 1. The Morgan fingerprint density at radius 1 is 1.29 bits per heavy atom. The lowest BCUT2D eigenvalue weighted by Gasteiger charge is -2.22. The minimum atomic E-state index is 0.127. The third-order valence-electron chi connectivity index (χ3n) is 2.19. The highest BCUT2D eigenvalue weighted by molar-refractivity contribution is 8.00. The van der Waals surface area contributed by atoms with E-state index >= 15 is 0 Å². The summed E-state index contributed by atoms with van der Waals surface area (Å²) in [5.41, 5.74) is 1.41. The molecule has 0 radical (unpaired) electrons. The van der Waals surface area contributed by atoms with Gasteiger partial charge in [-0.3, -0.25) is 0 Å². The molecule has 1 rings (SSSR count). The van der Waals surface area contributed by atoms with Gasteiger partial charge in [-0.25, -0.2) is 0 Å². The molecule has 0 fully saturated rings. The molecule has 1 N–H and O–H groups in total. The van der Waals surface area contributed by atoms with Crippen molar-refractivity contribution in [2.45, 2.75) is 56.8 Å². The molecule has 0 bridgehead atoms. The summed E-state index contributed by atoms with van der Waals surface area (Å²) >= 11 is 7.95. The Balaban J connectivity index is 2.83. The molecule has 0 heterocycles. The van der Waals surface area contributed by atoms with Crippen LogP contribution in [0.3, 0.4) is 0 Å². The van der Waals surface area contributed by atoms with Crippen molar-refractivity contribution in [2.24, 2.45) is 0 Å². The van der Waals surface area contributed by atoms with Gasteiger partial charge in [-0.05, 0) is 44.5 Å². The molecule has 0 aliphatic carbocycles. The molecule has 0 spiro atoms. The topological polar surface area (TPSA) is 12.0 Å². The number of hydrogen-bond acceptors (Lipinski definition) is 2. The van der Waals surface area contributed by atoms with E-state index in [0.29, 0.717) is 5.25 Å². The van der Waals surface area contributed by atoms with Crippen LogP contribution in [0.4, 0.5) is 0 Å². The molecule has 0 saturated carbocycles. The summed E-state index contributed by atoms with van der Waals surface area (Å²) in [4.78, 5) is 1.32. The zero-order valence-corrected chi connectivity index (χ0v) is 12.9. The highest BCUT2D eigenvalue weighted by Gasteiger charge is 2.11. The third-order valence-corrected chi connectivity index (χ3v) is 3.55. The van der Waals surface area contributed by atoms with E-state index < -0.39 is 0 Å². The van der Waals surface area contributed by atoms with Crippen LogP contribution in [0, 0.1) is 0 Å². The maximum atomic E-state index is 6.07. The molecule has 0 unspecified atom stereocenters. The van der Waals surface area contributed by atoms with Crippen LogP contribution in [0.25, 0.3) is 0 Å². The van der Waals surface area contributed by atoms with Gasteiger partial charge < -0.3 is 5.32 Å². The van der Waals surface area contributed by atoms with Gasteiger partial charge in [0.05, 0.1) is 0 Å². The van der Waals surface area contributed by atoms with Gasteiger partial charge in [-0.2, -0.15) is 0 Å². The average Bonchev–Trinajstić information content (AvgIpc) is 2.16. The first kappa shape index (κ1) is 14.9. The van der Waals surface area contributed by atoms with E-state index in [4.69, 9.17) is 11.6 Å². The smallest absolute Gasteiger partial charge is 0.0410 e. The maximum Gasteiger partial charge on any atom is 0.0410 e. The number of benzene rings is 1. The quantitative estimate of drug-likeness (QED) is 0.795. The first-order valence-corrected chi connectivity index (χ1v) is 7.24. The van der Waals surface area contributed by atoms with Gasteiger partial charge in [-0.15, -0.1) is 11.8 Å². The predicted octanol–water partition coefficient (Wildman–Crippen LogP) is 4.73. The molecular formula is C14H22ClNS. The summed E-state index contributed by atoms with van der Waals surface area (Å²) in [5.74, 6) is 0. The number of hydrogen-bond donors (Lipinski definition) is 1. The van der Waals surface area contributed by atoms with Gasteiger partial charge in [0.15, 0.2) is 0 Å². The zero-order chi connectivity index (χ0) is 13.1. The summed E-state index contributed by atoms with van der Waals surface area (Å²) in [7, 11) is 0. The summed E-state index contributed by atoms with van der Waals surface area (Å²) in [6, 6.07) is 6.14. The Bertz CT molecular complexity index is 369. The van der Waals surface area contributed by atoms with Gasteiger partial charge in [0, 0.05) is 27.3 Å². The maximum absolute atomic E-state index is 6.07. The number of halogens is 1. The molecular weight excluding hydrogens is 250 g/mol. The van der Waals surface area contributed by atoms with Crippen molar-refractivity contribution < 1.29 is 0 Å². The number of rotatable bonds is 4. The summed E-state index contributed by atoms with van der Waals surface area (Å²) in [5, 5.41) is 4.90. The molecule has 0 aromatic heterocycles. The van der Waals surface area contributed by atoms with Crippen molar-refractivity contribution in [3.8, 4) is 0 Å². The van der Waals surface area contributed by atoms with Crippen LogP contribution in [0.1, 0.15) is 40.2 Å². The fourth-order valence-electron chi connectivity index (χ4n) is 1.42. The summed E-state index contributed by atoms with van der Waals surface area (Å²) in [6.45, 7) is 11.8. The van der Waals surface area contributed by atoms with Crippen molar-refractivity contribution in [1.29, 1.82) is 0 Å². The van der Waals surface area contributed by atoms with Crippen LogP contribution in [0.5, 0.6) is 0 Å². The van der Waals surface area contributed by atoms with Crippen molar-refractivity contribution >= 4 is 23.4 Å². The van der Waals surface area contributed by atoms with Crippen molar-refractivity contribution in [3.05, 3.63) is 28.8 Å². The zero-order valence-electron chi connectivity index (χ0n) is 11.3. The fraction of sp³-hybridized carbons (Fsp3) is 0.571. The molecule has 0 aliphatic rings. The highest BCUT2D eigenvalue weighted by atomic mass is 35.5. The van der Waals surface area contributed by atoms with Gasteiger partial charge >= 0.3 is 0 Å². The number of nitrogens with one attached hydrogen (secondary N) is 1. The molecule has 1 aromatic rings. The van der Waals surface area contributed by atoms with E-state index in [9.17, 15) is 0 Å². The third kappa shape index (κ3) is 5.80. The van der Waals surface area contributed by atoms with Crippen LogP contribution < -0.4 is 5.32 Å². The lowest BCUT2D eigenvalue weighted by atomic mass is 10.1. The van der Waals surface area contributed by atoms with Crippen LogP contribution in [0.2, 0.25) is 5.02 Å². The van der Waals surface area contributed by atoms with Crippen LogP contribution in [-0.4, -0.2) is 10.8 Å². The standard InChI is InChI=1S/C14H22ClNS/c1-10(2)17-13-7-6-12(15)8-11(13)9-16-14(3,4)5/h6-8,10,16H,9H2,1-5H3. The first-order valence-electron chi connectivity index (χ1n) is 5.98. The van der Waals surface area contributed by atoms with E-state index in [0.717, 1.165) is 11.6 Å². The van der Waals surface area contributed by atoms with Crippen LogP contribution >= 0.6 is 23.4 Å². The largest absolute Gasteiger partial charge is 0.308 e. The molecule has 0 saturated heterocycles. The molecule has 0 aliphatic heterocycles. The second kappa shape index (κ2) is 6.12. The molecule has 1 nitrogen and oxygen atoms in total. The van der Waals surface area contributed by atoms with E-state index in [1.54, 1.807) is 0 Å². The van der Waals surface area contributed by atoms with Gasteiger partial charge in [0.1, 0.15) is 0 Å². The minimum absolute atomic E-state index is 0.127. The lowest BCUT2D eigenvalue weighted by molar-refractivity contribution is 0.422. The average molecular weight is 272 g/mol. The minimum Gasteiger partial charge on any atom is -0.308 e. The Hall–Kier alpha value is -0.180. The van der Waals surface area contributed by atoms with Gasteiger partial charge in [0.2, 0.25) is 0 Å².